The molecule has 0 saturated heterocycles. The zero-order valence-corrected chi connectivity index (χ0v) is 8.15. The van der Waals surface area contributed by atoms with Gasteiger partial charge in [-0.05, 0) is 24.8 Å². The molecular weight excluding hydrogens is 172 g/mol. The highest BCUT2D eigenvalue weighted by atomic mass is 16.1. The predicted octanol–water partition coefficient (Wildman–Crippen LogP) is 3.23. The molecule has 1 saturated carbocycles. The fourth-order valence-corrected chi connectivity index (χ4v) is 1.55. The Kier molecular flexibility index (Phi) is 2.78. The van der Waals surface area contributed by atoms with Crippen molar-refractivity contribution in [1.29, 1.82) is 0 Å². The number of ketones is 1. The van der Waals surface area contributed by atoms with Crippen LogP contribution in [-0.4, -0.2) is 5.78 Å². The summed E-state index contributed by atoms with van der Waals surface area (Å²) in [6.07, 6.45) is 7.59. The normalized spacial score (nSPS) is 16.9. The van der Waals surface area contributed by atoms with Crippen LogP contribution in [0.1, 0.15) is 29.6 Å². The van der Waals surface area contributed by atoms with Gasteiger partial charge in [-0.1, -0.05) is 42.8 Å². The first-order chi connectivity index (χ1) is 6.86. The van der Waals surface area contributed by atoms with E-state index in [1.807, 2.05) is 30.3 Å². The molecule has 0 radical (unpaired) electrons. The van der Waals surface area contributed by atoms with E-state index >= 15 is 0 Å². The second-order valence-corrected chi connectivity index (χ2v) is 3.78. The predicted molar refractivity (Wildman–Crippen MR) is 57.3 cm³/mol. The third-order valence-electron chi connectivity index (χ3n) is 2.73. The summed E-state index contributed by atoms with van der Waals surface area (Å²) < 4.78 is 0. The van der Waals surface area contributed by atoms with Crippen LogP contribution in [0.4, 0.5) is 0 Å². The van der Waals surface area contributed by atoms with E-state index in [0.717, 1.165) is 5.56 Å². The van der Waals surface area contributed by atoms with Crippen LogP contribution in [0.25, 0.3) is 0 Å². The van der Waals surface area contributed by atoms with Crippen molar-refractivity contribution in [3.63, 3.8) is 0 Å². The van der Waals surface area contributed by atoms with E-state index in [4.69, 9.17) is 0 Å². The Morgan fingerprint density at radius 1 is 1.21 bits per heavy atom. The Hall–Kier alpha value is -1.37. The number of hydrogen-bond donors (Lipinski definition) is 0. The first-order valence-electron chi connectivity index (χ1n) is 5.14. The summed E-state index contributed by atoms with van der Waals surface area (Å²) in [4.78, 5) is 11.6. The lowest BCUT2D eigenvalue weighted by Crippen LogP contribution is -2.08. The van der Waals surface area contributed by atoms with E-state index in [1.54, 1.807) is 6.08 Å². The molecule has 0 unspecified atom stereocenters. The first kappa shape index (κ1) is 9.20. The molecule has 1 aromatic carbocycles. The molecule has 0 spiro atoms. The SMILES string of the molecule is O=C(/C=C/C1CCC1)c1ccccc1. The minimum Gasteiger partial charge on any atom is -0.289 e. The average molecular weight is 186 g/mol. The number of hydrogen-bond acceptors (Lipinski definition) is 1. The molecule has 1 aliphatic rings. The zero-order valence-electron chi connectivity index (χ0n) is 8.15. The Morgan fingerprint density at radius 2 is 1.93 bits per heavy atom. The Bertz CT molecular complexity index is 334. The highest BCUT2D eigenvalue weighted by Crippen LogP contribution is 2.27. The van der Waals surface area contributed by atoms with E-state index in [2.05, 4.69) is 6.08 Å². The van der Waals surface area contributed by atoms with E-state index in [9.17, 15) is 4.79 Å². The summed E-state index contributed by atoms with van der Waals surface area (Å²) in [7, 11) is 0. The molecule has 0 heterocycles. The van der Waals surface area contributed by atoms with Crippen molar-refractivity contribution in [1.82, 2.24) is 0 Å². The van der Waals surface area contributed by atoms with E-state index in [1.165, 1.54) is 19.3 Å². The first-order valence-corrected chi connectivity index (χ1v) is 5.14. The van der Waals surface area contributed by atoms with Crippen LogP contribution in [0.3, 0.4) is 0 Å². The van der Waals surface area contributed by atoms with Gasteiger partial charge >= 0.3 is 0 Å². The van der Waals surface area contributed by atoms with E-state index < -0.39 is 0 Å². The van der Waals surface area contributed by atoms with Crippen LogP contribution in [0, 0.1) is 5.92 Å². The lowest BCUT2D eigenvalue weighted by molar-refractivity contribution is 0.104. The Labute approximate surface area is 84.5 Å². The molecule has 1 aliphatic carbocycles. The molecule has 72 valence electrons. The minimum atomic E-state index is 0.123. The van der Waals surface area contributed by atoms with E-state index in [-0.39, 0.29) is 5.78 Å². The van der Waals surface area contributed by atoms with Crippen LogP contribution in [0.2, 0.25) is 0 Å². The molecule has 1 fully saturated rings. The van der Waals surface area contributed by atoms with Crippen molar-refractivity contribution in [2.75, 3.05) is 0 Å². The number of carbonyl (C=O) groups is 1. The summed E-state index contributed by atoms with van der Waals surface area (Å²) in [5.74, 6) is 0.778. The summed E-state index contributed by atoms with van der Waals surface area (Å²) in [6.45, 7) is 0. The van der Waals surface area contributed by atoms with Crippen molar-refractivity contribution >= 4 is 5.78 Å². The van der Waals surface area contributed by atoms with Crippen LogP contribution in [-0.2, 0) is 0 Å². The molecule has 0 N–H and O–H groups in total. The molecule has 0 atom stereocenters. The van der Waals surface area contributed by atoms with Gasteiger partial charge in [0, 0.05) is 5.56 Å². The second-order valence-electron chi connectivity index (χ2n) is 3.78. The third-order valence-corrected chi connectivity index (χ3v) is 2.73. The number of carbonyl (C=O) groups excluding carboxylic acids is 1. The second kappa shape index (κ2) is 4.23. The van der Waals surface area contributed by atoms with Crippen LogP contribution in [0.15, 0.2) is 42.5 Å². The van der Waals surface area contributed by atoms with Gasteiger partial charge in [0.15, 0.2) is 5.78 Å². The van der Waals surface area contributed by atoms with Gasteiger partial charge in [-0.15, -0.1) is 0 Å². The number of benzene rings is 1. The molecule has 1 nitrogen and oxygen atoms in total. The van der Waals surface area contributed by atoms with Crippen molar-refractivity contribution in [3.8, 4) is 0 Å². The molecule has 0 aromatic heterocycles. The molecule has 2 rings (SSSR count). The fourth-order valence-electron chi connectivity index (χ4n) is 1.55. The van der Waals surface area contributed by atoms with Gasteiger partial charge < -0.3 is 0 Å². The van der Waals surface area contributed by atoms with Crippen molar-refractivity contribution in [2.24, 2.45) is 5.92 Å². The number of allylic oxidation sites excluding steroid dienone is 2. The largest absolute Gasteiger partial charge is 0.289 e. The molecule has 0 amide bonds. The molecule has 1 aromatic rings. The van der Waals surface area contributed by atoms with Gasteiger partial charge in [-0.25, -0.2) is 0 Å². The highest BCUT2D eigenvalue weighted by Gasteiger charge is 2.13. The summed E-state index contributed by atoms with van der Waals surface area (Å²) >= 11 is 0. The summed E-state index contributed by atoms with van der Waals surface area (Å²) in [5, 5.41) is 0. The van der Waals surface area contributed by atoms with E-state index in [0.29, 0.717) is 5.92 Å². The Morgan fingerprint density at radius 3 is 2.50 bits per heavy atom. The molecule has 0 bridgehead atoms. The van der Waals surface area contributed by atoms with Gasteiger partial charge in [-0.3, -0.25) is 4.79 Å². The topological polar surface area (TPSA) is 17.1 Å². The molecule has 0 aliphatic heterocycles. The summed E-state index contributed by atoms with van der Waals surface area (Å²) in [5.41, 5.74) is 0.781. The quantitative estimate of drug-likeness (QED) is 0.523. The zero-order chi connectivity index (χ0) is 9.80. The van der Waals surface area contributed by atoms with Crippen LogP contribution < -0.4 is 0 Å². The molecular formula is C13H14O. The van der Waals surface area contributed by atoms with Gasteiger partial charge in [0.1, 0.15) is 0 Å². The summed E-state index contributed by atoms with van der Waals surface area (Å²) in [6, 6.07) is 9.42. The van der Waals surface area contributed by atoms with Crippen molar-refractivity contribution in [2.45, 2.75) is 19.3 Å². The van der Waals surface area contributed by atoms with Gasteiger partial charge in [0.25, 0.3) is 0 Å². The molecule has 14 heavy (non-hydrogen) atoms. The van der Waals surface area contributed by atoms with Crippen LogP contribution >= 0.6 is 0 Å². The third kappa shape index (κ3) is 2.11. The Balaban J connectivity index is 1.98. The maximum Gasteiger partial charge on any atom is 0.185 e. The van der Waals surface area contributed by atoms with Gasteiger partial charge in [-0.2, -0.15) is 0 Å². The monoisotopic (exact) mass is 186 g/mol. The molecule has 1 heteroatoms. The van der Waals surface area contributed by atoms with Gasteiger partial charge in [0.2, 0.25) is 0 Å². The maximum atomic E-state index is 11.6. The van der Waals surface area contributed by atoms with Crippen molar-refractivity contribution in [3.05, 3.63) is 48.0 Å². The fraction of sp³-hybridized carbons (Fsp3) is 0.308. The number of rotatable bonds is 3. The van der Waals surface area contributed by atoms with Gasteiger partial charge in [0.05, 0.1) is 0 Å². The lowest BCUT2D eigenvalue weighted by Gasteiger charge is -2.20. The average Bonchev–Trinajstić information content (AvgIpc) is 2.16. The smallest absolute Gasteiger partial charge is 0.185 e. The maximum absolute atomic E-state index is 11.6. The van der Waals surface area contributed by atoms with Crippen molar-refractivity contribution < 1.29 is 4.79 Å². The lowest BCUT2D eigenvalue weighted by atomic mass is 9.85. The highest BCUT2D eigenvalue weighted by molar-refractivity contribution is 6.04. The standard InChI is InChI=1S/C13H14O/c14-13(10-9-11-5-4-6-11)12-7-2-1-3-8-12/h1-3,7-11H,4-6H2/b10-9+. The minimum absolute atomic E-state index is 0.123. The van der Waals surface area contributed by atoms with Crippen LogP contribution in [0.5, 0.6) is 0 Å².